The van der Waals surface area contributed by atoms with Gasteiger partial charge in [0, 0.05) is 21.1 Å². The Morgan fingerprint density at radius 1 is 0.533 bits per heavy atom. The van der Waals surface area contributed by atoms with Crippen LogP contribution in [-0.4, -0.2) is 0 Å². The van der Waals surface area contributed by atoms with Gasteiger partial charge in [-0.05, 0) is 0 Å². The number of halogens is 3. The van der Waals surface area contributed by atoms with Crippen LogP contribution in [0.25, 0.3) is 0 Å². The van der Waals surface area contributed by atoms with E-state index in [0.29, 0.717) is 0 Å². The van der Waals surface area contributed by atoms with Crippen LogP contribution in [0.5, 0.6) is 0 Å². The van der Waals surface area contributed by atoms with Crippen molar-refractivity contribution in [3.63, 3.8) is 0 Å². The van der Waals surface area contributed by atoms with Crippen LogP contribution in [0, 0.1) is 33.3 Å². The van der Waals surface area contributed by atoms with E-state index in [4.69, 9.17) is 23.3 Å². The Balaban J connectivity index is -0.0000000105. The summed E-state index contributed by atoms with van der Waals surface area (Å²) in [6, 6.07) is 0. The summed E-state index contributed by atoms with van der Waals surface area (Å²) in [7, 11) is 0. The second-order valence-electron chi connectivity index (χ2n) is 0.214. The fourth-order valence-electron chi connectivity index (χ4n) is 0. The first-order valence-corrected chi connectivity index (χ1v) is 9.86. The average molecular weight is 508 g/mol. The largest absolute Gasteiger partial charge is 0 e. The quantitative estimate of drug-likeness (QED) is 0.208. The summed E-state index contributed by atoms with van der Waals surface area (Å²) in [6.07, 6.45) is 0. The molecule has 0 saturated carbocycles. The normalized spacial score (nSPS) is 3.07. The Labute approximate surface area is 127 Å². The van der Waals surface area contributed by atoms with Gasteiger partial charge in [0.15, 0.2) is 46.5 Å². The van der Waals surface area contributed by atoms with E-state index < -0.39 is 4.03 Å². The second-order valence-corrected chi connectivity index (χ2v) is 17.4. The van der Waals surface area contributed by atoms with Gasteiger partial charge in [-0.25, -0.2) is 0 Å². The van der Waals surface area contributed by atoms with Gasteiger partial charge in [-0.2, -0.15) is 0 Å². The monoisotopic (exact) mass is 507 g/mol. The van der Waals surface area contributed by atoms with Crippen molar-refractivity contribution in [2.75, 3.05) is 0 Å². The molecule has 0 aromatic carbocycles. The molecule has 0 rings (SSSR count). The van der Waals surface area contributed by atoms with Crippen molar-refractivity contribution in [3.8, 4) is 0 Å². The van der Waals surface area contributed by atoms with Crippen LogP contribution in [-0.2, 0) is 44.3 Å². The predicted octanol–water partition coefficient (Wildman–Crippen LogP) is 2.94. The molecule has 0 radical (unpaired) electrons. The van der Waals surface area contributed by atoms with Crippen molar-refractivity contribution in [3.05, 3.63) is 33.3 Å². The van der Waals surface area contributed by atoms with Crippen molar-refractivity contribution >= 4 is 50.5 Å². The third-order valence-electron chi connectivity index (χ3n) is 0. The molecule has 5 nitrogen and oxygen atoms in total. The molecule has 0 aromatic heterocycles. The summed E-state index contributed by atoms with van der Waals surface area (Å²) in [5.74, 6) is 0. The molecule has 0 bridgehead atoms. The summed E-state index contributed by atoms with van der Waals surface area (Å²) in [6.45, 7) is 22.5. The fraction of sp³-hybridized carbons (Fsp3) is 0. The first kappa shape index (κ1) is 44.2. The van der Waals surface area contributed by atoms with E-state index in [1.165, 1.54) is 0 Å². The molecule has 0 aromatic rings. The number of hydrogen-bond donors (Lipinski definition) is 0. The van der Waals surface area contributed by atoms with Crippen LogP contribution in [0.2, 0.25) is 0 Å². The molecule has 0 aliphatic heterocycles. The third kappa shape index (κ3) is 1690. The van der Waals surface area contributed by atoms with E-state index in [-0.39, 0.29) is 21.1 Å². The molecule has 0 atom stereocenters. The Morgan fingerprint density at radius 3 is 0.533 bits per heavy atom. The first-order valence-electron chi connectivity index (χ1n) is 1.59. The van der Waals surface area contributed by atoms with E-state index in [2.05, 4.69) is 79.7 Å². The molecule has 0 heterocycles. The van der Waals surface area contributed by atoms with Gasteiger partial charge >= 0.3 is 56.5 Å². The molecular weight excluding hydrogens is 507 g/mol. The van der Waals surface area contributed by atoms with Gasteiger partial charge in [0.25, 0.3) is 0 Å². The Hall–Kier alpha value is 1.26. The molecule has 0 saturated heterocycles. The molecular formula is C5HBr3MoO5P+. The van der Waals surface area contributed by atoms with Gasteiger partial charge in [-0.3, -0.25) is 0 Å². The Bertz CT molecular complexity index is 117. The van der Waals surface area contributed by atoms with Crippen LogP contribution >= 0.6 is 50.5 Å². The van der Waals surface area contributed by atoms with Crippen LogP contribution in [0.15, 0.2) is 0 Å². The van der Waals surface area contributed by atoms with Crippen LogP contribution in [0.1, 0.15) is 0 Å². The summed E-state index contributed by atoms with van der Waals surface area (Å²) >= 11 is 9.62. The van der Waals surface area contributed by atoms with E-state index in [0.717, 1.165) is 0 Å². The zero-order valence-electron chi connectivity index (χ0n) is 6.58. The van der Waals surface area contributed by atoms with E-state index in [9.17, 15) is 0 Å². The van der Waals surface area contributed by atoms with Crippen molar-refractivity contribution in [2.24, 2.45) is 0 Å². The molecule has 82 valence electrons. The third-order valence-corrected chi connectivity index (χ3v) is 0. The van der Waals surface area contributed by atoms with Gasteiger partial charge < -0.3 is 0 Å². The fourth-order valence-corrected chi connectivity index (χ4v) is 0. The molecule has 0 aliphatic carbocycles. The minimum absolute atomic E-state index is 0. The predicted molar refractivity (Wildman–Crippen MR) is 54.7 cm³/mol. The van der Waals surface area contributed by atoms with Crippen LogP contribution in [0.4, 0.5) is 0 Å². The molecule has 0 N–H and O–H groups in total. The van der Waals surface area contributed by atoms with Crippen LogP contribution in [0.3, 0.4) is 0 Å². The number of rotatable bonds is 0. The average Bonchev–Trinajstić information content (AvgIpc) is 2.30. The van der Waals surface area contributed by atoms with E-state index >= 15 is 0 Å². The smallest absolute Gasteiger partial charge is 0 e. The van der Waals surface area contributed by atoms with Gasteiger partial charge in [-0.1, -0.05) is 0 Å². The molecule has 0 unspecified atom stereocenters. The molecule has 15 heavy (non-hydrogen) atoms. The minimum atomic E-state index is -0.442. The van der Waals surface area contributed by atoms with Crippen molar-refractivity contribution in [1.29, 1.82) is 0 Å². The Kier molecular flexibility index (Phi) is 504. The van der Waals surface area contributed by atoms with Crippen molar-refractivity contribution in [1.82, 2.24) is 0 Å². The van der Waals surface area contributed by atoms with Gasteiger partial charge in [0.05, 0.1) is 0 Å². The summed E-state index contributed by atoms with van der Waals surface area (Å²) in [4.78, 5) is 0. The molecule has 0 amide bonds. The number of hydrogen-bond acceptors (Lipinski definition) is 0. The zero-order valence-corrected chi connectivity index (χ0v) is 14.3. The van der Waals surface area contributed by atoms with E-state index in [1.54, 1.807) is 0 Å². The topological polar surface area (TPSA) is 99.5 Å². The van der Waals surface area contributed by atoms with Gasteiger partial charge in [0.2, 0.25) is 4.03 Å². The molecule has 10 heteroatoms. The van der Waals surface area contributed by atoms with Crippen molar-refractivity contribution in [2.45, 2.75) is 0 Å². The Morgan fingerprint density at radius 2 is 0.533 bits per heavy atom. The standard InChI is InChI=1S/5CO.Br3P.Mo/c5*1-2;1-4(2)3;/p+1. The van der Waals surface area contributed by atoms with Gasteiger partial charge in [-0.15, -0.1) is 0 Å². The first-order chi connectivity index (χ1) is 6.73. The SMILES string of the molecule is Br[PH+](Br)Br.[C-]#[O+].[C-]#[O+].[C-]#[O+].[C-]#[O+].[C-]#[O+].[Mo]. The maximum absolute atomic E-state index is 7.50. The minimum Gasteiger partial charge on any atom is 0 e. The molecule has 0 spiro atoms. The summed E-state index contributed by atoms with van der Waals surface area (Å²) in [5.41, 5.74) is 0. The molecule has 0 aliphatic rings. The van der Waals surface area contributed by atoms with Crippen LogP contribution < -0.4 is 0 Å². The van der Waals surface area contributed by atoms with Crippen molar-refractivity contribution < 1.29 is 44.3 Å². The summed E-state index contributed by atoms with van der Waals surface area (Å²) < 4.78 is 37.1. The second kappa shape index (κ2) is 171. The summed E-state index contributed by atoms with van der Waals surface area (Å²) in [5, 5.41) is 0. The van der Waals surface area contributed by atoms with Gasteiger partial charge in [0.1, 0.15) is 0 Å². The maximum Gasteiger partial charge on any atom is 0 e. The maximum atomic E-state index is 7.50. The molecule has 0 fully saturated rings. The van der Waals surface area contributed by atoms with E-state index in [1.807, 2.05) is 0 Å². The zero-order chi connectivity index (χ0) is 13.6.